The number of anilines is 1. The molecule has 7 heteroatoms. The van der Waals surface area contributed by atoms with Crippen LogP contribution in [0.25, 0.3) is 0 Å². The molecule has 1 aliphatic heterocycles. The van der Waals surface area contributed by atoms with E-state index in [9.17, 15) is 4.79 Å². The molecule has 4 nitrogen and oxygen atoms in total. The summed E-state index contributed by atoms with van der Waals surface area (Å²) >= 11 is 7.88. The minimum absolute atomic E-state index is 0. The number of ether oxygens (including phenoxy) is 1. The number of rotatable bonds is 2. The van der Waals surface area contributed by atoms with Crippen molar-refractivity contribution in [3.8, 4) is 5.75 Å². The van der Waals surface area contributed by atoms with E-state index in [4.69, 9.17) is 22.1 Å². The van der Waals surface area contributed by atoms with E-state index in [-0.39, 0.29) is 18.3 Å². The number of nitrogens with zero attached hydrogens (tertiary/aromatic N) is 1. The van der Waals surface area contributed by atoms with Crippen LogP contribution in [0, 0.1) is 0 Å². The molecule has 0 aromatic heterocycles. The Balaban J connectivity index is 0.00000200. The van der Waals surface area contributed by atoms with Crippen LogP contribution in [-0.4, -0.2) is 42.0 Å². The predicted octanol–water partition coefficient (Wildman–Crippen LogP) is 2.93. The molecule has 1 fully saturated rings. The Morgan fingerprint density at radius 3 is 2.85 bits per heavy atom. The maximum absolute atomic E-state index is 12.5. The summed E-state index contributed by atoms with van der Waals surface area (Å²) in [4.78, 5) is 14.4. The smallest absolute Gasteiger partial charge is 0.257 e. The first-order chi connectivity index (χ1) is 9.02. The van der Waals surface area contributed by atoms with E-state index in [0.29, 0.717) is 27.3 Å². The summed E-state index contributed by atoms with van der Waals surface area (Å²) in [6, 6.07) is 3.18. The summed E-state index contributed by atoms with van der Waals surface area (Å²) in [6.07, 6.45) is 0. The number of carbonyl (C=O) groups excluding carboxylic acids is 1. The first-order valence-electron chi connectivity index (χ1n) is 6.06. The first kappa shape index (κ1) is 17.3. The van der Waals surface area contributed by atoms with Crippen LogP contribution in [-0.2, 0) is 0 Å². The van der Waals surface area contributed by atoms with Crippen molar-refractivity contribution in [2.75, 3.05) is 31.7 Å². The maximum Gasteiger partial charge on any atom is 0.257 e. The van der Waals surface area contributed by atoms with Crippen molar-refractivity contribution in [2.24, 2.45) is 0 Å². The number of carbonyl (C=O) groups is 1. The molecule has 112 valence electrons. The Bertz CT molecular complexity index is 500. The topological polar surface area (TPSA) is 55.6 Å². The summed E-state index contributed by atoms with van der Waals surface area (Å²) in [6.45, 7) is 3.62. The Labute approximate surface area is 134 Å². The molecule has 0 radical (unpaired) electrons. The van der Waals surface area contributed by atoms with Gasteiger partial charge in [-0.1, -0.05) is 18.5 Å². The van der Waals surface area contributed by atoms with Gasteiger partial charge >= 0.3 is 0 Å². The Morgan fingerprint density at radius 1 is 1.55 bits per heavy atom. The summed E-state index contributed by atoms with van der Waals surface area (Å²) in [5, 5.41) is 0.830. The van der Waals surface area contributed by atoms with Crippen molar-refractivity contribution in [3.63, 3.8) is 0 Å². The highest BCUT2D eigenvalue weighted by Gasteiger charge is 2.25. The molecule has 2 N–H and O–H groups in total. The third kappa shape index (κ3) is 3.65. The number of hydrogen-bond acceptors (Lipinski definition) is 4. The highest BCUT2D eigenvalue weighted by molar-refractivity contribution is 7.99. The van der Waals surface area contributed by atoms with Crippen LogP contribution in [0.4, 0.5) is 5.69 Å². The fourth-order valence-corrected chi connectivity index (χ4v) is 3.26. The van der Waals surface area contributed by atoms with Gasteiger partial charge in [-0.05, 0) is 6.07 Å². The molecule has 20 heavy (non-hydrogen) atoms. The second-order valence-electron chi connectivity index (χ2n) is 4.51. The summed E-state index contributed by atoms with van der Waals surface area (Å²) in [5.74, 6) is 1.38. The monoisotopic (exact) mass is 336 g/mol. The molecule has 0 aliphatic carbocycles. The standard InChI is InChI=1S/C13H17ClN2O2S.ClH/c1-8-7-16(3-4-19-8)13(17)9-5-10(14)11(15)6-12(9)18-2;/h5-6,8H,3-4,7,15H2,1-2H3;1H. The minimum Gasteiger partial charge on any atom is -0.496 e. The molecule has 1 saturated heterocycles. The maximum atomic E-state index is 12.5. The quantitative estimate of drug-likeness (QED) is 0.843. The van der Waals surface area contributed by atoms with E-state index in [1.165, 1.54) is 7.11 Å². The molecule has 1 aliphatic rings. The van der Waals surface area contributed by atoms with E-state index in [2.05, 4.69) is 6.92 Å². The number of hydrogen-bond donors (Lipinski definition) is 1. The minimum atomic E-state index is -0.0501. The van der Waals surface area contributed by atoms with Crippen molar-refractivity contribution in [2.45, 2.75) is 12.2 Å². The lowest BCUT2D eigenvalue weighted by Gasteiger charge is -2.31. The van der Waals surface area contributed by atoms with Crippen molar-refractivity contribution < 1.29 is 9.53 Å². The zero-order valence-electron chi connectivity index (χ0n) is 11.4. The van der Waals surface area contributed by atoms with E-state index >= 15 is 0 Å². The second-order valence-corrected chi connectivity index (χ2v) is 6.46. The average molecular weight is 337 g/mol. The molecule has 1 aromatic rings. The van der Waals surface area contributed by atoms with Crippen LogP contribution in [0.3, 0.4) is 0 Å². The lowest BCUT2D eigenvalue weighted by molar-refractivity contribution is 0.0760. The molecule has 1 amide bonds. The summed E-state index contributed by atoms with van der Waals surface area (Å²) < 4.78 is 5.23. The Hall–Kier alpha value is -0.780. The van der Waals surface area contributed by atoms with Crippen LogP contribution in [0.1, 0.15) is 17.3 Å². The van der Waals surface area contributed by atoms with Gasteiger partial charge in [0.05, 0.1) is 23.4 Å². The van der Waals surface area contributed by atoms with Gasteiger partial charge < -0.3 is 15.4 Å². The summed E-state index contributed by atoms with van der Waals surface area (Å²) in [7, 11) is 1.52. The van der Waals surface area contributed by atoms with Crippen LogP contribution in [0.2, 0.25) is 5.02 Å². The van der Waals surface area contributed by atoms with E-state index in [0.717, 1.165) is 18.8 Å². The molecule has 2 rings (SSSR count). The highest BCUT2D eigenvalue weighted by Crippen LogP contribution is 2.30. The molecular weight excluding hydrogens is 319 g/mol. The van der Waals surface area contributed by atoms with Crippen molar-refractivity contribution >= 4 is 47.4 Å². The van der Waals surface area contributed by atoms with Gasteiger partial charge in [0, 0.05) is 30.2 Å². The molecule has 1 aromatic carbocycles. The molecule has 0 spiro atoms. The van der Waals surface area contributed by atoms with Gasteiger partial charge in [0.1, 0.15) is 5.75 Å². The van der Waals surface area contributed by atoms with Crippen LogP contribution >= 0.6 is 35.8 Å². The number of halogens is 2. The third-order valence-corrected chi connectivity index (χ3v) is 4.54. The second kappa shape index (κ2) is 7.29. The van der Waals surface area contributed by atoms with Gasteiger partial charge in [-0.25, -0.2) is 0 Å². The number of methoxy groups -OCH3 is 1. The lowest BCUT2D eigenvalue weighted by atomic mass is 10.1. The van der Waals surface area contributed by atoms with Gasteiger partial charge in [0.25, 0.3) is 5.91 Å². The van der Waals surface area contributed by atoms with Gasteiger partial charge in [-0.2, -0.15) is 11.8 Å². The predicted molar refractivity (Wildman–Crippen MR) is 87.5 cm³/mol. The zero-order chi connectivity index (χ0) is 14.0. The van der Waals surface area contributed by atoms with E-state index in [1.54, 1.807) is 12.1 Å². The molecule has 0 saturated carbocycles. The fraction of sp³-hybridized carbons (Fsp3) is 0.462. The third-order valence-electron chi connectivity index (χ3n) is 3.08. The average Bonchev–Trinajstić information content (AvgIpc) is 2.40. The van der Waals surface area contributed by atoms with Crippen molar-refractivity contribution in [1.82, 2.24) is 4.90 Å². The Kier molecular flexibility index (Phi) is 6.30. The normalized spacial score (nSPS) is 18.4. The summed E-state index contributed by atoms with van der Waals surface area (Å²) in [5.41, 5.74) is 6.61. The number of nitrogen functional groups attached to an aromatic ring is 1. The molecule has 1 unspecified atom stereocenters. The van der Waals surface area contributed by atoms with Crippen molar-refractivity contribution in [1.29, 1.82) is 0 Å². The van der Waals surface area contributed by atoms with Crippen LogP contribution in [0.5, 0.6) is 5.75 Å². The molecule has 0 bridgehead atoms. The van der Waals surface area contributed by atoms with Gasteiger partial charge in [-0.15, -0.1) is 12.4 Å². The first-order valence-corrected chi connectivity index (χ1v) is 7.49. The molecule has 1 heterocycles. The van der Waals surface area contributed by atoms with Gasteiger partial charge in [0.2, 0.25) is 0 Å². The lowest BCUT2D eigenvalue weighted by Crippen LogP contribution is -2.41. The zero-order valence-corrected chi connectivity index (χ0v) is 13.8. The Morgan fingerprint density at radius 2 is 2.25 bits per heavy atom. The van der Waals surface area contributed by atoms with E-state index < -0.39 is 0 Å². The highest BCUT2D eigenvalue weighted by atomic mass is 35.5. The largest absolute Gasteiger partial charge is 0.496 e. The fourth-order valence-electron chi connectivity index (χ4n) is 2.08. The number of nitrogens with two attached hydrogens (primary N) is 1. The van der Waals surface area contributed by atoms with Crippen LogP contribution in [0.15, 0.2) is 12.1 Å². The molecular formula is C13H18Cl2N2O2S. The SMILES string of the molecule is COc1cc(N)c(Cl)cc1C(=O)N1CCSC(C)C1.Cl. The van der Waals surface area contributed by atoms with Crippen molar-refractivity contribution in [3.05, 3.63) is 22.7 Å². The van der Waals surface area contributed by atoms with Gasteiger partial charge in [0.15, 0.2) is 0 Å². The van der Waals surface area contributed by atoms with Crippen LogP contribution < -0.4 is 10.5 Å². The molecule has 1 atom stereocenters. The number of benzene rings is 1. The van der Waals surface area contributed by atoms with Gasteiger partial charge in [-0.3, -0.25) is 4.79 Å². The number of amides is 1. The number of thioether (sulfide) groups is 1. The van der Waals surface area contributed by atoms with E-state index in [1.807, 2.05) is 16.7 Å².